The van der Waals surface area contributed by atoms with Crippen LogP contribution in [0.1, 0.15) is 16.6 Å². The van der Waals surface area contributed by atoms with E-state index in [1.165, 1.54) is 17.2 Å². The highest BCUT2D eigenvalue weighted by molar-refractivity contribution is 6.06. The van der Waals surface area contributed by atoms with Crippen LogP contribution in [-0.2, 0) is 23.7 Å². The van der Waals surface area contributed by atoms with Crippen LogP contribution in [0, 0.1) is 0 Å². The topological polar surface area (TPSA) is 179 Å². The maximum Gasteiger partial charge on any atom is 0.471 e. The molecule has 0 aliphatic carbocycles. The predicted octanol–water partition coefficient (Wildman–Crippen LogP) is 0.384. The smallest absolute Gasteiger partial charge is 0.394 e. The van der Waals surface area contributed by atoms with Crippen molar-refractivity contribution in [2.24, 2.45) is 0 Å². The highest BCUT2D eigenvalue weighted by Gasteiger charge is 2.46. The standard InChI is InChI=1S/C24H27F3N6O8/c25-24(26,27)23(37)28-6-7-38-8-9-39-13-40-18-17(35)15(10-34)41-22(18)33-12-31-16-19(29-11-30-20(16)33)32-21(36)14-4-2-1-3-5-14/h1-5,11-12,15,17-18,22,34-35H,6-10,13H2,(H,28,37)(H,29,30,32,36)/t15?,17-,18-,22-/m1/s1. The zero-order chi connectivity index (χ0) is 29.4. The third-order valence-electron chi connectivity index (χ3n) is 5.90. The Balaban J connectivity index is 1.33. The van der Waals surface area contributed by atoms with Gasteiger partial charge in [-0.3, -0.25) is 14.2 Å². The number of halogens is 3. The van der Waals surface area contributed by atoms with Crippen molar-refractivity contribution in [2.75, 3.05) is 45.1 Å². The number of aliphatic hydroxyl groups is 2. The van der Waals surface area contributed by atoms with Crippen molar-refractivity contribution in [1.29, 1.82) is 0 Å². The molecule has 1 aliphatic rings. The summed E-state index contributed by atoms with van der Waals surface area (Å²) in [5, 5.41) is 24.7. The summed E-state index contributed by atoms with van der Waals surface area (Å²) in [5.41, 5.74) is 0.930. The van der Waals surface area contributed by atoms with Gasteiger partial charge in [0.1, 0.15) is 31.4 Å². The number of fused-ring (bicyclic) bond motifs is 1. The number of alkyl halides is 3. The number of carbonyl (C=O) groups is 2. The van der Waals surface area contributed by atoms with Gasteiger partial charge >= 0.3 is 12.1 Å². The summed E-state index contributed by atoms with van der Waals surface area (Å²) in [6.07, 6.45) is -6.62. The number of hydrogen-bond acceptors (Lipinski definition) is 11. The van der Waals surface area contributed by atoms with E-state index in [0.29, 0.717) is 5.56 Å². The number of nitrogens with zero attached hydrogens (tertiary/aromatic N) is 4. The van der Waals surface area contributed by atoms with E-state index in [4.69, 9.17) is 18.9 Å². The Morgan fingerprint density at radius 2 is 1.83 bits per heavy atom. The van der Waals surface area contributed by atoms with E-state index in [0.717, 1.165) is 0 Å². The average molecular weight is 585 g/mol. The Hall–Kier alpha value is -3.74. The molecule has 17 heteroatoms. The highest BCUT2D eigenvalue weighted by Crippen LogP contribution is 2.34. The first-order chi connectivity index (χ1) is 19.7. The van der Waals surface area contributed by atoms with Gasteiger partial charge < -0.3 is 39.8 Å². The number of hydrogen-bond donors (Lipinski definition) is 4. The summed E-state index contributed by atoms with van der Waals surface area (Å²) in [4.78, 5) is 36.0. The van der Waals surface area contributed by atoms with E-state index >= 15 is 0 Å². The molecule has 4 rings (SSSR count). The predicted molar refractivity (Wildman–Crippen MR) is 132 cm³/mol. The second kappa shape index (κ2) is 13.7. The molecule has 1 unspecified atom stereocenters. The fourth-order valence-electron chi connectivity index (χ4n) is 3.91. The minimum absolute atomic E-state index is 0.00177. The van der Waals surface area contributed by atoms with E-state index in [1.54, 1.807) is 35.6 Å². The molecule has 4 atom stereocenters. The lowest BCUT2D eigenvalue weighted by Crippen LogP contribution is -2.38. The number of nitrogens with one attached hydrogen (secondary N) is 2. The molecule has 4 N–H and O–H groups in total. The molecule has 1 saturated heterocycles. The van der Waals surface area contributed by atoms with Crippen LogP contribution in [0.3, 0.4) is 0 Å². The van der Waals surface area contributed by atoms with Crippen LogP contribution in [0.15, 0.2) is 43.0 Å². The Morgan fingerprint density at radius 3 is 2.56 bits per heavy atom. The van der Waals surface area contributed by atoms with Crippen molar-refractivity contribution >= 4 is 28.8 Å². The first kappa shape index (κ1) is 30.2. The highest BCUT2D eigenvalue weighted by atomic mass is 19.4. The van der Waals surface area contributed by atoms with Crippen molar-refractivity contribution in [3.05, 3.63) is 48.5 Å². The Bertz CT molecular complexity index is 1310. The number of benzene rings is 1. The maximum absolute atomic E-state index is 12.6. The van der Waals surface area contributed by atoms with E-state index in [-0.39, 0.29) is 50.1 Å². The molecular formula is C24H27F3N6O8. The van der Waals surface area contributed by atoms with Crippen molar-refractivity contribution in [3.63, 3.8) is 0 Å². The van der Waals surface area contributed by atoms with Crippen LogP contribution < -0.4 is 10.6 Å². The molecule has 1 aromatic carbocycles. The number of rotatable bonds is 13. The second-order valence-corrected chi connectivity index (χ2v) is 8.63. The molecule has 2 amide bonds. The van der Waals surface area contributed by atoms with Crippen LogP contribution in [0.25, 0.3) is 11.2 Å². The van der Waals surface area contributed by atoms with Gasteiger partial charge in [0.15, 0.2) is 23.2 Å². The van der Waals surface area contributed by atoms with Crippen LogP contribution in [0.4, 0.5) is 19.0 Å². The third kappa shape index (κ3) is 7.51. The van der Waals surface area contributed by atoms with Gasteiger partial charge in [-0.05, 0) is 12.1 Å². The summed E-state index contributed by atoms with van der Waals surface area (Å²) < 4.78 is 59.7. The maximum atomic E-state index is 12.6. The number of carbonyl (C=O) groups excluding carboxylic acids is 2. The number of imidazole rings is 1. The van der Waals surface area contributed by atoms with Crippen molar-refractivity contribution in [3.8, 4) is 0 Å². The van der Waals surface area contributed by atoms with E-state index in [9.17, 15) is 33.0 Å². The molecule has 0 radical (unpaired) electrons. The van der Waals surface area contributed by atoms with E-state index < -0.39 is 49.1 Å². The van der Waals surface area contributed by atoms with Crippen LogP contribution in [-0.4, -0.2) is 106 Å². The molecule has 41 heavy (non-hydrogen) atoms. The number of ether oxygens (including phenoxy) is 4. The largest absolute Gasteiger partial charge is 0.471 e. The molecule has 2 aromatic heterocycles. The first-order valence-electron chi connectivity index (χ1n) is 12.3. The zero-order valence-electron chi connectivity index (χ0n) is 21.4. The van der Waals surface area contributed by atoms with Gasteiger partial charge in [-0.25, -0.2) is 15.0 Å². The van der Waals surface area contributed by atoms with Crippen molar-refractivity contribution < 1.29 is 51.9 Å². The van der Waals surface area contributed by atoms with Gasteiger partial charge in [0.2, 0.25) is 0 Å². The van der Waals surface area contributed by atoms with Gasteiger partial charge in [0.25, 0.3) is 5.91 Å². The van der Waals surface area contributed by atoms with Crippen molar-refractivity contribution in [1.82, 2.24) is 24.8 Å². The summed E-state index contributed by atoms with van der Waals surface area (Å²) >= 11 is 0. The Labute approximate surface area is 230 Å². The average Bonchev–Trinajstić information content (AvgIpc) is 3.53. The fraction of sp³-hybridized carbons (Fsp3) is 0.458. The van der Waals surface area contributed by atoms with Crippen LogP contribution in [0.5, 0.6) is 0 Å². The molecule has 0 bridgehead atoms. The molecular weight excluding hydrogens is 557 g/mol. The minimum atomic E-state index is -4.96. The SMILES string of the molecule is O=C(Nc1ncnc2c1ncn2[C@@H]1OC(CO)[C@@H](O)[C@H]1OCOCCOCCNC(=O)C(F)(F)F)c1ccccc1. The summed E-state index contributed by atoms with van der Waals surface area (Å²) in [5.74, 6) is -2.30. The van der Waals surface area contributed by atoms with Crippen LogP contribution in [0.2, 0.25) is 0 Å². The molecule has 0 spiro atoms. The van der Waals surface area contributed by atoms with Crippen LogP contribution >= 0.6 is 0 Å². The van der Waals surface area contributed by atoms with E-state index in [1.807, 2.05) is 0 Å². The summed E-state index contributed by atoms with van der Waals surface area (Å²) in [6.45, 7) is -1.32. The molecule has 0 saturated carbocycles. The van der Waals surface area contributed by atoms with Crippen molar-refractivity contribution in [2.45, 2.75) is 30.7 Å². The second-order valence-electron chi connectivity index (χ2n) is 8.63. The molecule has 3 heterocycles. The van der Waals surface area contributed by atoms with Gasteiger partial charge in [-0.2, -0.15) is 13.2 Å². The van der Waals surface area contributed by atoms with Gasteiger partial charge in [0, 0.05) is 12.1 Å². The Morgan fingerprint density at radius 1 is 1.07 bits per heavy atom. The minimum Gasteiger partial charge on any atom is -0.394 e. The quantitative estimate of drug-likeness (QED) is 0.161. The van der Waals surface area contributed by atoms with Gasteiger partial charge in [-0.15, -0.1) is 0 Å². The molecule has 1 aliphatic heterocycles. The van der Waals surface area contributed by atoms with E-state index in [2.05, 4.69) is 20.3 Å². The fourth-order valence-corrected chi connectivity index (χ4v) is 3.91. The molecule has 1 fully saturated rings. The lowest BCUT2D eigenvalue weighted by molar-refractivity contribution is -0.173. The lowest BCUT2D eigenvalue weighted by atomic mass is 10.1. The molecule has 222 valence electrons. The normalized spacial score (nSPS) is 20.8. The number of amides is 2. The monoisotopic (exact) mass is 584 g/mol. The third-order valence-corrected chi connectivity index (χ3v) is 5.90. The summed E-state index contributed by atoms with van der Waals surface area (Å²) in [7, 11) is 0. The number of aromatic nitrogens is 4. The molecule has 3 aromatic rings. The first-order valence-corrected chi connectivity index (χ1v) is 12.3. The van der Waals surface area contributed by atoms with Gasteiger partial charge in [0.05, 0.1) is 32.8 Å². The van der Waals surface area contributed by atoms with Gasteiger partial charge in [-0.1, -0.05) is 18.2 Å². The number of aliphatic hydroxyl groups excluding tert-OH is 2. The zero-order valence-corrected chi connectivity index (χ0v) is 21.4. The number of anilines is 1. The molecule has 14 nitrogen and oxygen atoms in total. The Kier molecular flexibility index (Phi) is 10.1. The summed E-state index contributed by atoms with van der Waals surface area (Å²) in [6, 6.07) is 8.51. The lowest BCUT2D eigenvalue weighted by Gasteiger charge is -2.22.